The average Bonchev–Trinajstić information content (AvgIpc) is 3.19. The number of hydrogen-bond acceptors (Lipinski definition) is 6. The summed E-state index contributed by atoms with van der Waals surface area (Å²) in [7, 11) is 0. The van der Waals surface area contributed by atoms with Gasteiger partial charge in [0.1, 0.15) is 0 Å². The second-order valence-corrected chi connectivity index (χ2v) is 7.66. The predicted molar refractivity (Wildman–Crippen MR) is 90.0 cm³/mol. The molecular formula is C16H21N5O2S. The smallest absolute Gasteiger partial charge is 0.231 e. The Morgan fingerprint density at radius 2 is 2.21 bits per heavy atom. The highest BCUT2D eigenvalue weighted by Gasteiger charge is 2.30. The standard InChI is InChI=1S/C16H21N5O2S/c1-10(2)15(23)21-6-4-12-13(8-21)24-16(18-12)19-14(22)11-3-5-20(7-11)9-17/h10-11H,3-8H2,1-2H3,(H,18,19,22)/t11-/m0/s1. The molecule has 0 unspecified atom stereocenters. The second kappa shape index (κ2) is 6.77. The van der Waals surface area contributed by atoms with Gasteiger partial charge in [0.05, 0.1) is 18.2 Å². The largest absolute Gasteiger partial charge is 0.337 e. The molecule has 3 heterocycles. The molecule has 3 rings (SSSR count). The number of nitrogens with zero attached hydrogens (tertiary/aromatic N) is 4. The molecule has 7 nitrogen and oxygen atoms in total. The molecule has 0 aromatic carbocycles. The number of rotatable bonds is 3. The van der Waals surface area contributed by atoms with Crippen LogP contribution in [0.2, 0.25) is 0 Å². The van der Waals surface area contributed by atoms with E-state index in [-0.39, 0.29) is 23.7 Å². The van der Waals surface area contributed by atoms with Crippen LogP contribution in [0.15, 0.2) is 0 Å². The lowest BCUT2D eigenvalue weighted by Crippen LogP contribution is -2.37. The van der Waals surface area contributed by atoms with E-state index < -0.39 is 0 Å². The van der Waals surface area contributed by atoms with Crippen molar-refractivity contribution >= 4 is 28.3 Å². The number of carbonyl (C=O) groups excluding carboxylic acids is 2. The van der Waals surface area contributed by atoms with Crippen LogP contribution >= 0.6 is 11.3 Å². The molecule has 2 aliphatic heterocycles. The zero-order valence-electron chi connectivity index (χ0n) is 13.9. The average molecular weight is 347 g/mol. The third kappa shape index (κ3) is 3.36. The molecule has 0 aliphatic carbocycles. The van der Waals surface area contributed by atoms with E-state index in [0.29, 0.717) is 37.7 Å². The number of thiazole rings is 1. The zero-order valence-corrected chi connectivity index (χ0v) is 14.7. The molecule has 2 amide bonds. The van der Waals surface area contributed by atoms with Crippen molar-refractivity contribution in [2.24, 2.45) is 11.8 Å². The number of aromatic nitrogens is 1. The fourth-order valence-electron chi connectivity index (χ4n) is 3.07. The van der Waals surface area contributed by atoms with Crippen LogP contribution < -0.4 is 5.32 Å². The minimum atomic E-state index is -0.162. The van der Waals surface area contributed by atoms with Crippen molar-refractivity contribution in [1.29, 1.82) is 5.26 Å². The SMILES string of the molecule is CC(C)C(=O)N1CCc2nc(NC(=O)[C@H]3CCN(C#N)C3)sc2C1. The summed E-state index contributed by atoms with van der Waals surface area (Å²) in [6.07, 6.45) is 3.50. The molecule has 0 radical (unpaired) electrons. The van der Waals surface area contributed by atoms with Gasteiger partial charge in [-0.05, 0) is 6.42 Å². The van der Waals surface area contributed by atoms with Gasteiger partial charge in [0, 0.05) is 36.9 Å². The maximum absolute atomic E-state index is 12.3. The molecule has 2 aliphatic rings. The van der Waals surface area contributed by atoms with Gasteiger partial charge in [0.2, 0.25) is 11.8 Å². The van der Waals surface area contributed by atoms with Crippen LogP contribution in [0.25, 0.3) is 0 Å². The first kappa shape index (κ1) is 16.7. The summed E-state index contributed by atoms with van der Waals surface area (Å²) in [4.78, 5) is 33.5. The Bertz CT molecular complexity index is 693. The molecule has 1 N–H and O–H groups in total. The van der Waals surface area contributed by atoms with Crippen molar-refractivity contribution in [1.82, 2.24) is 14.8 Å². The summed E-state index contributed by atoms with van der Waals surface area (Å²) in [5.41, 5.74) is 0.980. The first-order chi connectivity index (χ1) is 11.5. The highest BCUT2D eigenvalue weighted by Crippen LogP contribution is 2.29. The number of amides is 2. The number of likely N-dealkylation sites (tertiary alicyclic amines) is 1. The van der Waals surface area contributed by atoms with Crippen LogP contribution in [-0.4, -0.2) is 46.2 Å². The summed E-state index contributed by atoms with van der Waals surface area (Å²) in [6.45, 7) is 6.18. The molecule has 1 fully saturated rings. The number of anilines is 1. The van der Waals surface area contributed by atoms with Crippen LogP contribution in [0.5, 0.6) is 0 Å². The van der Waals surface area contributed by atoms with Crippen molar-refractivity contribution < 1.29 is 9.59 Å². The minimum Gasteiger partial charge on any atom is -0.337 e. The molecule has 1 saturated heterocycles. The highest BCUT2D eigenvalue weighted by atomic mass is 32.1. The van der Waals surface area contributed by atoms with Crippen LogP contribution in [0.1, 0.15) is 30.8 Å². The lowest BCUT2D eigenvalue weighted by molar-refractivity contribution is -0.135. The molecule has 24 heavy (non-hydrogen) atoms. The van der Waals surface area contributed by atoms with E-state index in [1.165, 1.54) is 11.3 Å². The van der Waals surface area contributed by atoms with Crippen molar-refractivity contribution in [2.45, 2.75) is 33.2 Å². The van der Waals surface area contributed by atoms with Crippen LogP contribution in [-0.2, 0) is 22.6 Å². The molecule has 1 aromatic heterocycles. The van der Waals surface area contributed by atoms with E-state index in [0.717, 1.165) is 17.0 Å². The zero-order chi connectivity index (χ0) is 17.3. The quantitative estimate of drug-likeness (QED) is 0.836. The third-order valence-corrected chi connectivity index (χ3v) is 5.47. The number of nitrogens with one attached hydrogen (secondary N) is 1. The Kier molecular flexibility index (Phi) is 4.71. The van der Waals surface area contributed by atoms with Crippen molar-refractivity contribution in [3.8, 4) is 6.19 Å². The Labute approximate surface area is 145 Å². The van der Waals surface area contributed by atoms with Crippen LogP contribution in [0, 0.1) is 23.3 Å². The fraction of sp³-hybridized carbons (Fsp3) is 0.625. The number of nitriles is 1. The molecule has 0 spiro atoms. The van der Waals surface area contributed by atoms with E-state index in [4.69, 9.17) is 5.26 Å². The van der Waals surface area contributed by atoms with E-state index in [2.05, 4.69) is 16.5 Å². The first-order valence-electron chi connectivity index (χ1n) is 8.21. The van der Waals surface area contributed by atoms with E-state index >= 15 is 0 Å². The Morgan fingerprint density at radius 1 is 1.42 bits per heavy atom. The van der Waals surface area contributed by atoms with Gasteiger partial charge in [-0.1, -0.05) is 25.2 Å². The maximum Gasteiger partial charge on any atom is 0.231 e. The van der Waals surface area contributed by atoms with E-state index in [1.807, 2.05) is 18.7 Å². The summed E-state index contributed by atoms with van der Waals surface area (Å²) in [5.74, 6) is -0.0927. The summed E-state index contributed by atoms with van der Waals surface area (Å²) < 4.78 is 0. The Morgan fingerprint density at radius 3 is 2.88 bits per heavy atom. The number of hydrogen-bond donors (Lipinski definition) is 1. The summed E-state index contributed by atoms with van der Waals surface area (Å²) in [6, 6.07) is 0. The van der Waals surface area contributed by atoms with Crippen LogP contribution in [0.4, 0.5) is 5.13 Å². The number of carbonyl (C=O) groups is 2. The van der Waals surface area contributed by atoms with Crippen molar-refractivity contribution in [3.63, 3.8) is 0 Å². The van der Waals surface area contributed by atoms with Crippen LogP contribution in [0.3, 0.4) is 0 Å². The molecule has 1 atom stereocenters. The third-order valence-electron chi connectivity index (χ3n) is 4.47. The van der Waals surface area contributed by atoms with Gasteiger partial charge in [-0.2, -0.15) is 5.26 Å². The van der Waals surface area contributed by atoms with Crippen molar-refractivity contribution in [2.75, 3.05) is 25.0 Å². The van der Waals surface area contributed by atoms with Gasteiger partial charge in [-0.15, -0.1) is 0 Å². The monoisotopic (exact) mass is 347 g/mol. The maximum atomic E-state index is 12.3. The molecule has 0 saturated carbocycles. The van der Waals surface area contributed by atoms with Gasteiger partial charge < -0.3 is 15.1 Å². The lowest BCUT2D eigenvalue weighted by atomic mass is 10.1. The van der Waals surface area contributed by atoms with Gasteiger partial charge in [0.25, 0.3) is 0 Å². The predicted octanol–water partition coefficient (Wildman–Crippen LogP) is 1.43. The molecule has 8 heteroatoms. The molecule has 128 valence electrons. The Balaban J connectivity index is 1.63. The Hall–Kier alpha value is -2.14. The van der Waals surface area contributed by atoms with Gasteiger partial charge in [-0.25, -0.2) is 4.98 Å². The molecule has 0 bridgehead atoms. The van der Waals surface area contributed by atoms with Gasteiger partial charge >= 0.3 is 0 Å². The normalized spacial score (nSPS) is 20.0. The van der Waals surface area contributed by atoms with Gasteiger partial charge in [0.15, 0.2) is 11.3 Å². The van der Waals surface area contributed by atoms with E-state index in [1.54, 1.807) is 4.90 Å². The molecule has 1 aromatic rings. The number of fused-ring (bicyclic) bond motifs is 1. The topological polar surface area (TPSA) is 89.3 Å². The van der Waals surface area contributed by atoms with E-state index in [9.17, 15) is 9.59 Å². The summed E-state index contributed by atoms with van der Waals surface area (Å²) in [5, 5.41) is 12.4. The lowest BCUT2D eigenvalue weighted by Gasteiger charge is -2.27. The fourth-order valence-corrected chi connectivity index (χ4v) is 4.10. The first-order valence-corrected chi connectivity index (χ1v) is 9.02. The van der Waals surface area contributed by atoms with Crippen molar-refractivity contribution in [3.05, 3.63) is 10.6 Å². The highest BCUT2D eigenvalue weighted by molar-refractivity contribution is 7.15. The van der Waals surface area contributed by atoms with Gasteiger partial charge in [-0.3, -0.25) is 9.59 Å². The second-order valence-electron chi connectivity index (χ2n) is 6.57. The molecular weight excluding hydrogens is 326 g/mol. The minimum absolute atomic E-state index is 0.0101. The summed E-state index contributed by atoms with van der Waals surface area (Å²) >= 11 is 1.45.